The Morgan fingerprint density at radius 2 is 2.00 bits per heavy atom. The van der Waals surface area contributed by atoms with Gasteiger partial charge in [-0.3, -0.25) is 4.79 Å². The second kappa shape index (κ2) is 4.72. The van der Waals surface area contributed by atoms with Gasteiger partial charge < -0.3 is 16.0 Å². The molecule has 0 aliphatic carbocycles. The Hall–Kier alpha value is -1.36. The summed E-state index contributed by atoms with van der Waals surface area (Å²) in [6.07, 6.45) is 3.78. The maximum atomic E-state index is 11.3. The molecule has 2 aliphatic heterocycles. The molecule has 0 saturated carbocycles. The fraction of sp³-hybridized carbons (Fsp3) is 0.462. The van der Waals surface area contributed by atoms with E-state index in [0.29, 0.717) is 5.75 Å². The van der Waals surface area contributed by atoms with E-state index in [1.54, 1.807) is 11.8 Å². The van der Waals surface area contributed by atoms with Crippen molar-refractivity contribution in [1.29, 1.82) is 0 Å². The minimum Gasteiger partial charge on any atom is -0.397 e. The first-order valence-electron chi connectivity index (χ1n) is 6.35. The van der Waals surface area contributed by atoms with E-state index in [-0.39, 0.29) is 5.91 Å². The Morgan fingerprint density at radius 1 is 1.22 bits per heavy atom. The summed E-state index contributed by atoms with van der Waals surface area (Å²) in [6.45, 7) is 2.17. The molecule has 0 aromatic heterocycles. The van der Waals surface area contributed by atoms with Crippen molar-refractivity contribution in [3.05, 3.63) is 12.1 Å². The van der Waals surface area contributed by atoms with Gasteiger partial charge in [0.15, 0.2) is 0 Å². The van der Waals surface area contributed by atoms with Crippen LogP contribution in [0.25, 0.3) is 0 Å². The number of piperidine rings is 1. The van der Waals surface area contributed by atoms with Crippen molar-refractivity contribution in [2.45, 2.75) is 24.2 Å². The average Bonchev–Trinajstić information content (AvgIpc) is 2.39. The molecule has 96 valence electrons. The summed E-state index contributed by atoms with van der Waals surface area (Å²) in [5, 5.41) is 2.87. The van der Waals surface area contributed by atoms with Crippen molar-refractivity contribution in [3.63, 3.8) is 0 Å². The number of nitrogens with zero attached hydrogens (tertiary/aromatic N) is 1. The van der Waals surface area contributed by atoms with Crippen LogP contribution in [-0.2, 0) is 4.79 Å². The number of rotatable bonds is 1. The highest BCUT2D eigenvalue weighted by Gasteiger charge is 2.20. The summed E-state index contributed by atoms with van der Waals surface area (Å²) in [6, 6.07) is 4.02. The van der Waals surface area contributed by atoms with Crippen LogP contribution in [0, 0.1) is 0 Å². The third-order valence-corrected chi connectivity index (χ3v) is 4.51. The predicted octanol–water partition coefficient (Wildman–Crippen LogP) is 2.30. The number of carbonyl (C=O) groups excluding carboxylic acids is 1. The van der Waals surface area contributed by atoms with Gasteiger partial charge in [-0.2, -0.15) is 0 Å². The zero-order chi connectivity index (χ0) is 12.5. The van der Waals surface area contributed by atoms with E-state index >= 15 is 0 Å². The van der Waals surface area contributed by atoms with Crippen LogP contribution in [0.5, 0.6) is 0 Å². The Bertz CT molecular complexity index is 483. The van der Waals surface area contributed by atoms with E-state index in [1.165, 1.54) is 19.3 Å². The number of hydrogen-bond acceptors (Lipinski definition) is 4. The van der Waals surface area contributed by atoms with Crippen molar-refractivity contribution in [2.75, 3.05) is 34.8 Å². The number of nitrogens with two attached hydrogens (primary N) is 1. The molecule has 2 heterocycles. The third-order valence-electron chi connectivity index (χ3n) is 3.46. The van der Waals surface area contributed by atoms with Gasteiger partial charge in [0.05, 0.1) is 22.8 Å². The molecule has 4 nitrogen and oxygen atoms in total. The lowest BCUT2D eigenvalue weighted by molar-refractivity contribution is -0.113. The maximum absolute atomic E-state index is 11.3. The van der Waals surface area contributed by atoms with Crippen LogP contribution >= 0.6 is 11.8 Å². The van der Waals surface area contributed by atoms with Crippen molar-refractivity contribution < 1.29 is 4.79 Å². The van der Waals surface area contributed by atoms with Gasteiger partial charge in [0, 0.05) is 18.0 Å². The number of thioether (sulfide) groups is 1. The molecule has 3 N–H and O–H groups in total. The summed E-state index contributed by atoms with van der Waals surface area (Å²) in [5.41, 5.74) is 8.86. The molecule has 1 aromatic rings. The molecular weight excluding hydrogens is 246 g/mol. The van der Waals surface area contributed by atoms with Crippen LogP contribution in [0.3, 0.4) is 0 Å². The quantitative estimate of drug-likeness (QED) is 0.763. The Balaban J connectivity index is 1.93. The standard InChI is InChI=1S/C13H17N3OS/c14-9-6-10-12(18-8-13(17)15-10)7-11(9)16-4-2-1-3-5-16/h6-7H,1-5,8,14H2,(H,15,17). The summed E-state index contributed by atoms with van der Waals surface area (Å²) in [7, 11) is 0. The molecule has 2 aliphatic rings. The summed E-state index contributed by atoms with van der Waals surface area (Å²) in [5.74, 6) is 0.550. The van der Waals surface area contributed by atoms with Crippen LogP contribution in [0.4, 0.5) is 17.1 Å². The second-order valence-electron chi connectivity index (χ2n) is 4.79. The van der Waals surface area contributed by atoms with Gasteiger partial charge in [0.2, 0.25) is 5.91 Å². The largest absolute Gasteiger partial charge is 0.397 e. The molecule has 1 amide bonds. The van der Waals surface area contributed by atoms with Gasteiger partial charge in [0.1, 0.15) is 0 Å². The first kappa shape index (κ1) is 11.7. The van der Waals surface area contributed by atoms with E-state index in [0.717, 1.165) is 35.0 Å². The highest BCUT2D eigenvalue weighted by atomic mass is 32.2. The van der Waals surface area contributed by atoms with Crippen molar-refractivity contribution in [2.24, 2.45) is 0 Å². The van der Waals surface area contributed by atoms with Crippen LogP contribution in [0.2, 0.25) is 0 Å². The van der Waals surface area contributed by atoms with Gasteiger partial charge >= 0.3 is 0 Å². The van der Waals surface area contributed by atoms with E-state index in [2.05, 4.69) is 16.3 Å². The molecule has 0 atom stereocenters. The number of carbonyl (C=O) groups is 1. The van der Waals surface area contributed by atoms with E-state index < -0.39 is 0 Å². The molecule has 0 unspecified atom stereocenters. The summed E-state index contributed by atoms with van der Waals surface area (Å²) >= 11 is 1.59. The van der Waals surface area contributed by atoms with Crippen LogP contribution in [0.1, 0.15) is 19.3 Å². The molecule has 0 radical (unpaired) electrons. The Kier molecular flexibility index (Phi) is 3.07. The zero-order valence-corrected chi connectivity index (χ0v) is 11.1. The molecule has 0 bridgehead atoms. The Morgan fingerprint density at radius 3 is 2.78 bits per heavy atom. The van der Waals surface area contributed by atoms with E-state index in [4.69, 9.17) is 5.73 Å². The Labute approximate surface area is 111 Å². The topological polar surface area (TPSA) is 58.4 Å². The minimum absolute atomic E-state index is 0.0534. The molecule has 3 rings (SSSR count). The van der Waals surface area contributed by atoms with Gasteiger partial charge in [0.25, 0.3) is 0 Å². The van der Waals surface area contributed by atoms with Crippen LogP contribution in [0.15, 0.2) is 17.0 Å². The molecule has 5 heteroatoms. The normalized spacial score (nSPS) is 19.3. The monoisotopic (exact) mass is 263 g/mol. The zero-order valence-electron chi connectivity index (χ0n) is 10.2. The maximum Gasteiger partial charge on any atom is 0.234 e. The fourth-order valence-electron chi connectivity index (χ4n) is 2.54. The summed E-state index contributed by atoms with van der Waals surface area (Å²) in [4.78, 5) is 14.8. The van der Waals surface area contributed by atoms with E-state index in [9.17, 15) is 4.79 Å². The first-order chi connectivity index (χ1) is 8.74. The lowest BCUT2D eigenvalue weighted by Gasteiger charge is -2.31. The number of benzene rings is 1. The van der Waals surface area contributed by atoms with Crippen molar-refractivity contribution >= 4 is 34.7 Å². The first-order valence-corrected chi connectivity index (χ1v) is 7.34. The SMILES string of the molecule is Nc1cc2c(cc1N1CCCCC1)SCC(=O)N2. The van der Waals surface area contributed by atoms with Gasteiger partial charge in [-0.05, 0) is 31.4 Å². The smallest absolute Gasteiger partial charge is 0.234 e. The molecule has 1 aromatic carbocycles. The molecule has 0 spiro atoms. The van der Waals surface area contributed by atoms with Gasteiger partial charge in [-0.25, -0.2) is 0 Å². The van der Waals surface area contributed by atoms with Crippen molar-refractivity contribution in [3.8, 4) is 0 Å². The van der Waals surface area contributed by atoms with Gasteiger partial charge in [-0.15, -0.1) is 11.8 Å². The number of amides is 1. The molecule has 1 saturated heterocycles. The fourth-order valence-corrected chi connectivity index (χ4v) is 3.36. The highest BCUT2D eigenvalue weighted by Crippen LogP contribution is 2.39. The second-order valence-corrected chi connectivity index (χ2v) is 5.81. The predicted molar refractivity (Wildman–Crippen MR) is 76.3 cm³/mol. The third kappa shape index (κ3) is 2.14. The highest BCUT2D eigenvalue weighted by molar-refractivity contribution is 8.00. The van der Waals surface area contributed by atoms with E-state index in [1.807, 2.05) is 6.07 Å². The van der Waals surface area contributed by atoms with Gasteiger partial charge in [-0.1, -0.05) is 0 Å². The lowest BCUT2D eigenvalue weighted by atomic mass is 10.1. The minimum atomic E-state index is 0.0534. The number of nitrogens with one attached hydrogen (secondary N) is 1. The number of nitrogen functional groups attached to an aromatic ring is 1. The average molecular weight is 263 g/mol. The molecule has 18 heavy (non-hydrogen) atoms. The number of hydrogen-bond donors (Lipinski definition) is 2. The number of fused-ring (bicyclic) bond motifs is 1. The van der Waals surface area contributed by atoms with Crippen LogP contribution < -0.4 is 16.0 Å². The lowest BCUT2D eigenvalue weighted by Crippen LogP contribution is -2.30. The molecular formula is C13H17N3OS. The molecule has 1 fully saturated rings. The number of anilines is 3. The van der Waals surface area contributed by atoms with Crippen molar-refractivity contribution in [1.82, 2.24) is 0 Å². The van der Waals surface area contributed by atoms with Crippen LogP contribution in [-0.4, -0.2) is 24.7 Å². The summed E-state index contributed by atoms with van der Waals surface area (Å²) < 4.78 is 0.